The number of carbonyl (C=O) groups excluding carboxylic acids is 1. The molecule has 1 fully saturated rings. The van der Waals surface area contributed by atoms with Crippen LogP contribution in [0.1, 0.15) is 34.8 Å². The summed E-state index contributed by atoms with van der Waals surface area (Å²) in [6.45, 7) is 0.431. The lowest BCUT2D eigenvalue weighted by atomic mass is 10.0. The van der Waals surface area contributed by atoms with Crippen molar-refractivity contribution in [1.82, 2.24) is 10.0 Å². The van der Waals surface area contributed by atoms with Crippen molar-refractivity contribution in [2.75, 3.05) is 27.4 Å². The molecule has 0 radical (unpaired) electrons. The van der Waals surface area contributed by atoms with E-state index in [-0.39, 0.29) is 30.0 Å². The molecule has 1 aliphatic carbocycles. The predicted octanol–water partition coefficient (Wildman–Crippen LogP) is 2.50. The number of benzene rings is 2. The number of ether oxygens (including phenoxy) is 2. The highest BCUT2D eigenvalue weighted by Gasteiger charge is 2.33. The maximum atomic E-state index is 12.9. The van der Waals surface area contributed by atoms with Gasteiger partial charge in [-0.25, -0.2) is 13.1 Å². The lowest BCUT2D eigenvalue weighted by Gasteiger charge is -2.19. The second-order valence-electron chi connectivity index (χ2n) is 6.98. The van der Waals surface area contributed by atoms with Gasteiger partial charge < -0.3 is 14.8 Å². The van der Waals surface area contributed by atoms with Gasteiger partial charge in [-0.1, -0.05) is 18.2 Å². The molecule has 156 valence electrons. The molecule has 29 heavy (non-hydrogen) atoms. The van der Waals surface area contributed by atoms with E-state index in [0.29, 0.717) is 11.5 Å². The van der Waals surface area contributed by atoms with Gasteiger partial charge in [0, 0.05) is 19.2 Å². The summed E-state index contributed by atoms with van der Waals surface area (Å²) in [6.07, 6.45) is 2.10. The molecule has 0 saturated heterocycles. The minimum absolute atomic E-state index is 0.0497. The number of hydrogen-bond acceptors (Lipinski definition) is 5. The normalized spacial score (nSPS) is 15.0. The van der Waals surface area contributed by atoms with E-state index < -0.39 is 10.0 Å². The van der Waals surface area contributed by atoms with E-state index in [2.05, 4.69) is 10.0 Å². The highest BCUT2D eigenvalue weighted by atomic mass is 32.2. The largest absolute Gasteiger partial charge is 0.497 e. The summed E-state index contributed by atoms with van der Waals surface area (Å²) in [5, 5.41) is 3.07. The van der Waals surface area contributed by atoms with Gasteiger partial charge >= 0.3 is 0 Å². The Bertz CT molecular complexity index is 940. The van der Waals surface area contributed by atoms with Crippen LogP contribution >= 0.6 is 0 Å². The fraction of sp³-hybridized carbons (Fsp3) is 0.381. The Hall–Kier alpha value is -2.42. The quantitative estimate of drug-likeness (QED) is 0.578. The molecule has 0 bridgehead atoms. The van der Waals surface area contributed by atoms with E-state index in [0.717, 1.165) is 24.2 Å². The third-order valence-corrected chi connectivity index (χ3v) is 6.32. The molecule has 0 aliphatic heterocycles. The van der Waals surface area contributed by atoms with Crippen LogP contribution in [0.25, 0.3) is 0 Å². The van der Waals surface area contributed by atoms with Gasteiger partial charge in [0.25, 0.3) is 5.91 Å². The van der Waals surface area contributed by atoms with Crippen LogP contribution in [-0.2, 0) is 14.8 Å². The van der Waals surface area contributed by atoms with Crippen molar-refractivity contribution >= 4 is 15.9 Å². The van der Waals surface area contributed by atoms with Crippen molar-refractivity contribution in [1.29, 1.82) is 0 Å². The molecule has 0 spiro atoms. The number of sulfonamides is 1. The molecule has 2 aromatic carbocycles. The molecule has 1 unspecified atom stereocenters. The zero-order chi connectivity index (χ0) is 20.9. The van der Waals surface area contributed by atoms with Gasteiger partial charge in [0.1, 0.15) is 5.75 Å². The van der Waals surface area contributed by atoms with E-state index in [1.165, 1.54) is 19.2 Å². The molecule has 1 atom stereocenters. The molecule has 0 heterocycles. The molecule has 8 heteroatoms. The van der Waals surface area contributed by atoms with Crippen LogP contribution < -0.4 is 14.8 Å². The molecule has 1 amide bonds. The first-order valence-corrected chi connectivity index (χ1v) is 11.0. The molecular weight excluding hydrogens is 392 g/mol. The zero-order valence-electron chi connectivity index (χ0n) is 16.6. The monoisotopic (exact) mass is 418 g/mol. The van der Waals surface area contributed by atoms with Crippen LogP contribution in [0.15, 0.2) is 53.4 Å². The highest BCUT2D eigenvalue weighted by molar-refractivity contribution is 7.89. The molecular formula is C21H26N2O5S. The number of hydrogen-bond donors (Lipinski definition) is 2. The maximum absolute atomic E-state index is 12.9. The maximum Gasteiger partial charge on any atom is 0.251 e. The minimum Gasteiger partial charge on any atom is -0.497 e. The van der Waals surface area contributed by atoms with Crippen LogP contribution in [0.5, 0.6) is 5.75 Å². The predicted molar refractivity (Wildman–Crippen MR) is 109 cm³/mol. The van der Waals surface area contributed by atoms with Gasteiger partial charge in [0.05, 0.1) is 24.7 Å². The summed E-state index contributed by atoms with van der Waals surface area (Å²) in [6, 6.07) is 13.6. The molecule has 1 aliphatic rings. The van der Waals surface area contributed by atoms with Gasteiger partial charge in [-0.3, -0.25) is 4.79 Å². The lowest BCUT2D eigenvalue weighted by Crippen LogP contribution is -2.30. The van der Waals surface area contributed by atoms with Gasteiger partial charge in [-0.05, 0) is 54.7 Å². The van der Waals surface area contributed by atoms with Crippen LogP contribution in [0, 0.1) is 5.92 Å². The number of methoxy groups -OCH3 is 2. The van der Waals surface area contributed by atoms with E-state index in [1.54, 1.807) is 19.2 Å². The Morgan fingerprint density at radius 1 is 1.14 bits per heavy atom. The standard InChI is InChI=1S/C21H26N2O5S/c1-27-13-12-22-29(25,26)19-5-3-4-17(14-19)21(24)23-20(15-6-7-15)16-8-10-18(28-2)11-9-16/h3-5,8-11,14-15,20,22H,6-7,12-13H2,1-2H3,(H,23,24). The Morgan fingerprint density at radius 2 is 1.86 bits per heavy atom. The Morgan fingerprint density at radius 3 is 2.48 bits per heavy atom. The van der Waals surface area contributed by atoms with Crippen LogP contribution in [0.2, 0.25) is 0 Å². The van der Waals surface area contributed by atoms with Crippen molar-refractivity contribution in [3.8, 4) is 5.75 Å². The Kier molecular flexibility index (Phi) is 6.89. The van der Waals surface area contributed by atoms with Crippen LogP contribution in [0.3, 0.4) is 0 Å². The summed E-state index contributed by atoms with van der Waals surface area (Å²) >= 11 is 0. The first-order valence-electron chi connectivity index (χ1n) is 9.48. The number of carbonyl (C=O) groups is 1. The fourth-order valence-electron chi connectivity index (χ4n) is 3.10. The van der Waals surface area contributed by atoms with Gasteiger partial charge in [0.15, 0.2) is 0 Å². The zero-order valence-corrected chi connectivity index (χ0v) is 17.4. The number of amides is 1. The third kappa shape index (κ3) is 5.56. The van der Waals surface area contributed by atoms with Gasteiger partial charge in [-0.15, -0.1) is 0 Å². The summed E-state index contributed by atoms with van der Waals surface area (Å²) in [4.78, 5) is 12.9. The van der Waals surface area contributed by atoms with Crippen molar-refractivity contribution in [2.24, 2.45) is 5.92 Å². The molecule has 0 aromatic heterocycles. The van der Waals surface area contributed by atoms with E-state index in [1.807, 2.05) is 24.3 Å². The first-order chi connectivity index (χ1) is 13.9. The molecule has 2 aromatic rings. The molecule has 2 N–H and O–H groups in total. The van der Waals surface area contributed by atoms with Crippen molar-refractivity contribution in [2.45, 2.75) is 23.8 Å². The van der Waals surface area contributed by atoms with Crippen LogP contribution in [0.4, 0.5) is 0 Å². The highest BCUT2D eigenvalue weighted by Crippen LogP contribution is 2.41. The fourth-order valence-corrected chi connectivity index (χ4v) is 4.16. The van der Waals surface area contributed by atoms with Gasteiger partial charge in [-0.2, -0.15) is 0 Å². The second-order valence-corrected chi connectivity index (χ2v) is 8.75. The first kappa shape index (κ1) is 21.3. The summed E-state index contributed by atoms with van der Waals surface area (Å²) in [7, 11) is -0.595. The van der Waals surface area contributed by atoms with Crippen LogP contribution in [-0.4, -0.2) is 41.7 Å². The minimum atomic E-state index is -3.70. The summed E-state index contributed by atoms with van der Waals surface area (Å²) < 4.78 is 37.3. The Balaban J connectivity index is 1.75. The second kappa shape index (κ2) is 9.39. The van der Waals surface area contributed by atoms with Crippen molar-refractivity contribution in [3.63, 3.8) is 0 Å². The van der Waals surface area contributed by atoms with E-state index in [4.69, 9.17) is 9.47 Å². The average molecular weight is 419 g/mol. The molecule has 1 saturated carbocycles. The third-order valence-electron chi connectivity index (χ3n) is 4.86. The van der Waals surface area contributed by atoms with E-state index >= 15 is 0 Å². The number of nitrogens with one attached hydrogen (secondary N) is 2. The van der Waals surface area contributed by atoms with Gasteiger partial charge in [0.2, 0.25) is 10.0 Å². The van der Waals surface area contributed by atoms with Crippen molar-refractivity contribution < 1.29 is 22.7 Å². The van der Waals surface area contributed by atoms with Crippen molar-refractivity contribution in [3.05, 3.63) is 59.7 Å². The lowest BCUT2D eigenvalue weighted by molar-refractivity contribution is 0.0931. The molecule has 7 nitrogen and oxygen atoms in total. The smallest absolute Gasteiger partial charge is 0.251 e. The summed E-state index contributed by atoms with van der Waals surface area (Å²) in [5.41, 5.74) is 1.31. The van der Waals surface area contributed by atoms with E-state index in [9.17, 15) is 13.2 Å². The summed E-state index contributed by atoms with van der Waals surface area (Å²) in [5.74, 6) is 0.843. The average Bonchev–Trinajstić information content (AvgIpc) is 3.57. The SMILES string of the molecule is COCCNS(=O)(=O)c1cccc(C(=O)NC(c2ccc(OC)cc2)C2CC2)c1. The number of rotatable bonds is 10. The topological polar surface area (TPSA) is 93.7 Å². The molecule has 3 rings (SSSR count). The Labute approximate surface area is 171 Å².